The molecule has 17 heavy (non-hydrogen) atoms. The number of rotatable bonds is 5. The Morgan fingerprint density at radius 3 is 2.59 bits per heavy atom. The molecule has 1 aromatic heterocycles. The molecular weight excluding hydrogens is 278 g/mol. The van der Waals surface area contributed by atoms with Gasteiger partial charge in [0.15, 0.2) is 0 Å². The normalized spacial score (nSPS) is 12.9. The number of nitrogens with zero attached hydrogens (tertiary/aromatic N) is 2. The second-order valence-electron chi connectivity index (χ2n) is 4.85. The van der Waals surface area contributed by atoms with Crippen molar-refractivity contribution < 1.29 is 0 Å². The van der Waals surface area contributed by atoms with Crippen LogP contribution in [0.25, 0.3) is 0 Å². The van der Waals surface area contributed by atoms with Gasteiger partial charge in [-0.3, -0.25) is 0 Å². The lowest BCUT2D eigenvalue weighted by Crippen LogP contribution is -2.32. The third-order valence-corrected chi connectivity index (χ3v) is 3.89. The van der Waals surface area contributed by atoms with E-state index in [1.54, 1.807) is 0 Å². The Hall–Kier alpha value is -0.610. The quantitative estimate of drug-likeness (QED) is 0.909. The highest BCUT2D eigenvalue weighted by molar-refractivity contribution is 9.10. The molecule has 0 fully saturated rings. The zero-order chi connectivity index (χ0) is 13.0. The summed E-state index contributed by atoms with van der Waals surface area (Å²) in [6.07, 6.45) is 0.991. The van der Waals surface area contributed by atoms with Gasteiger partial charge in [-0.2, -0.15) is 0 Å². The van der Waals surface area contributed by atoms with Crippen LogP contribution in [-0.2, 0) is 0 Å². The molecule has 0 aliphatic rings. The Labute approximate surface area is 113 Å². The van der Waals surface area contributed by atoms with Gasteiger partial charge in [-0.1, -0.05) is 13.8 Å². The summed E-state index contributed by atoms with van der Waals surface area (Å²) in [6, 6.07) is 4.32. The summed E-state index contributed by atoms with van der Waals surface area (Å²) >= 11 is 3.46. The zero-order valence-corrected chi connectivity index (χ0v) is 12.7. The van der Waals surface area contributed by atoms with Crippen molar-refractivity contribution in [1.29, 1.82) is 0 Å². The highest BCUT2D eigenvalue weighted by Gasteiger charge is 2.10. The maximum Gasteiger partial charge on any atom is 0.128 e. The summed E-state index contributed by atoms with van der Waals surface area (Å²) in [4.78, 5) is 6.69. The van der Waals surface area contributed by atoms with Crippen LogP contribution in [0.3, 0.4) is 0 Å². The summed E-state index contributed by atoms with van der Waals surface area (Å²) in [6.45, 7) is 7.26. The molecule has 96 valence electrons. The second-order valence-corrected chi connectivity index (χ2v) is 5.71. The van der Waals surface area contributed by atoms with Crippen molar-refractivity contribution in [2.75, 3.05) is 18.5 Å². The number of nitrogens with two attached hydrogens (primary N) is 1. The molecule has 0 saturated carbocycles. The van der Waals surface area contributed by atoms with Gasteiger partial charge in [-0.25, -0.2) is 4.98 Å². The largest absolute Gasteiger partial charge is 0.360 e. The van der Waals surface area contributed by atoms with Gasteiger partial charge >= 0.3 is 0 Å². The number of aryl methyl sites for hydroxylation is 1. The molecule has 1 atom stereocenters. The molecule has 0 radical (unpaired) electrons. The van der Waals surface area contributed by atoms with Gasteiger partial charge in [0.05, 0.1) is 5.69 Å². The van der Waals surface area contributed by atoms with Crippen molar-refractivity contribution in [3.8, 4) is 0 Å². The first-order chi connectivity index (χ1) is 7.91. The SMILES string of the molecule is Cc1nc(N(C)CCC(N)C(C)C)ccc1Br. The van der Waals surface area contributed by atoms with Gasteiger partial charge in [0, 0.05) is 24.1 Å². The standard InChI is InChI=1S/C13H22BrN3/c1-9(2)12(15)7-8-17(4)13-6-5-11(14)10(3)16-13/h5-6,9,12H,7-8,15H2,1-4H3. The lowest BCUT2D eigenvalue weighted by molar-refractivity contribution is 0.465. The summed E-state index contributed by atoms with van der Waals surface area (Å²) in [5, 5.41) is 0. The lowest BCUT2D eigenvalue weighted by Gasteiger charge is -2.22. The van der Waals surface area contributed by atoms with Gasteiger partial charge in [0.2, 0.25) is 0 Å². The van der Waals surface area contributed by atoms with E-state index in [-0.39, 0.29) is 6.04 Å². The Morgan fingerprint density at radius 2 is 2.06 bits per heavy atom. The third-order valence-electron chi connectivity index (χ3n) is 3.05. The van der Waals surface area contributed by atoms with Crippen LogP contribution in [0.4, 0.5) is 5.82 Å². The van der Waals surface area contributed by atoms with Crippen LogP contribution in [0.2, 0.25) is 0 Å². The van der Waals surface area contributed by atoms with Gasteiger partial charge in [-0.15, -0.1) is 0 Å². The van der Waals surface area contributed by atoms with Crippen molar-refractivity contribution in [2.24, 2.45) is 11.7 Å². The summed E-state index contributed by atoms with van der Waals surface area (Å²) in [5.74, 6) is 1.53. The molecule has 2 N–H and O–H groups in total. The Balaban J connectivity index is 2.58. The lowest BCUT2D eigenvalue weighted by atomic mass is 10.0. The molecule has 0 aliphatic carbocycles. The topological polar surface area (TPSA) is 42.2 Å². The molecular formula is C13H22BrN3. The first-order valence-corrected chi connectivity index (χ1v) is 6.81. The first-order valence-electron chi connectivity index (χ1n) is 6.01. The van der Waals surface area contributed by atoms with Gasteiger partial charge in [0.25, 0.3) is 0 Å². The number of pyridine rings is 1. The van der Waals surface area contributed by atoms with Crippen molar-refractivity contribution in [2.45, 2.75) is 33.2 Å². The fraction of sp³-hybridized carbons (Fsp3) is 0.615. The van der Waals surface area contributed by atoms with Crippen LogP contribution in [0.5, 0.6) is 0 Å². The minimum atomic E-state index is 0.258. The second kappa shape index (κ2) is 6.36. The highest BCUT2D eigenvalue weighted by atomic mass is 79.9. The van der Waals surface area contributed by atoms with Crippen LogP contribution in [-0.4, -0.2) is 24.6 Å². The van der Waals surface area contributed by atoms with Gasteiger partial charge < -0.3 is 10.6 Å². The molecule has 0 saturated heterocycles. The predicted molar refractivity (Wildman–Crippen MR) is 77.4 cm³/mol. The monoisotopic (exact) mass is 299 g/mol. The van der Waals surface area contributed by atoms with Crippen LogP contribution >= 0.6 is 15.9 Å². The first kappa shape index (κ1) is 14.5. The van der Waals surface area contributed by atoms with Crippen molar-refractivity contribution >= 4 is 21.7 Å². The average Bonchev–Trinajstić information content (AvgIpc) is 2.28. The van der Waals surface area contributed by atoms with Crippen LogP contribution < -0.4 is 10.6 Å². The number of anilines is 1. The molecule has 4 heteroatoms. The maximum absolute atomic E-state index is 6.04. The van der Waals surface area contributed by atoms with Crippen molar-refractivity contribution in [3.63, 3.8) is 0 Å². The highest BCUT2D eigenvalue weighted by Crippen LogP contribution is 2.18. The fourth-order valence-corrected chi connectivity index (χ4v) is 1.75. The van der Waals surface area contributed by atoms with E-state index in [9.17, 15) is 0 Å². The van der Waals surface area contributed by atoms with Crippen LogP contribution in [0.1, 0.15) is 26.0 Å². The van der Waals surface area contributed by atoms with E-state index in [0.717, 1.165) is 29.0 Å². The zero-order valence-electron chi connectivity index (χ0n) is 11.1. The molecule has 0 amide bonds. The number of halogens is 1. The summed E-state index contributed by atoms with van der Waals surface area (Å²) < 4.78 is 1.05. The van der Waals surface area contributed by atoms with E-state index in [2.05, 4.69) is 46.7 Å². The van der Waals surface area contributed by atoms with Crippen LogP contribution in [0.15, 0.2) is 16.6 Å². The van der Waals surface area contributed by atoms with Gasteiger partial charge in [-0.05, 0) is 47.3 Å². The molecule has 1 heterocycles. The molecule has 1 aromatic rings. The molecule has 0 spiro atoms. The molecule has 0 aliphatic heterocycles. The smallest absolute Gasteiger partial charge is 0.128 e. The van der Waals surface area contributed by atoms with Crippen molar-refractivity contribution in [3.05, 3.63) is 22.3 Å². The average molecular weight is 300 g/mol. The molecule has 0 bridgehead atoms. The minimum Gasteiger partial charge on any atom is -0.360 e. The van der Waals surface area contributed by atoms with Crippen molar-refractivity contribution in [1.82, 2.24) is 4.98 Å². The minimum absolute atomic E-state index is 0.258. The van der Waals surface area contributed by atoms with E-state index in [1.165, 1.54) is 0 Å². The Kier molecular flexibility index (Phi) is 5.40. The summed E-state index contributed by atoms with van der Waals surface area (Å²) in [7, 11) is 2.06. The Bertz CT molecular complexity index is 366. The predicted octanol–water partition coefficient (Wildman–Crippen LogP) is 2.96. The third kappa shape index (κ3) is 4.28. The van der Waals surface area contributed by atoms with Crippen LogP contribution in [0, 0.1) is 12.8 Å². The van der Waals surface area contributed by atoms with E-state index < -0.39 is 0 Å². The summed E-state index contributed by atoms with van der Waals surface area (Å²) in [5.41, 5.74) is 7.06. The van der Waals surface area contributed by atoms with E-state index in [0.29, 0.717) is 5.92 Å². The molecule has 3 nitrogen and oxygen atoms in total. The number of hydrogen-bond donors (Lipinski definition) is 1. The molecule has 0 aromatic carbocycles. The molecule has 1 rings (SSSR count). The van der Waals surface area contributed by atoms with Gasteiger partial charge in [0.1, 0.15) is 5.82 Å². The number of aromatic nitrogens is 1. The molecule has 1 unspecified atom stereocenters. The van der Waals surface area contributed by atoms with E-state index in [4.69, 9.17) is 5.73 Å². The maximum atomic E-state index is 6.04. The Morgan fingerprint density at radius 1 is 1.41 bits per heavy atom. The number of hydrogen-bond acceptors (Lipinski definition) is 3. The fourth-order valence-electron chi connectivity index (χ4n) is 1.53. The van der Waals surface area contributed by atoms with E-state index in [1.807, 2.05) is 19.1 Å². The van der Waals surface area contributed by atoms with E-state index >= 15 is 0 Å².